The molecule has 184 valence electrons. The summed E-state index contributed by atoms with van der Waals surface area (Å²) in [5, 5.41) is 5.45. The lowest BCUT2D eigenvalue weighted by molar-refractivity contribution is 0.103. The van der Waals surface area contributed by atoms with Crippen LogP contribution in [0.4, 0.5) is 0 Å². The first-order valence-electron chi connectivity index (χ1n) is 10.3. The van der Waals surface area contributed by atoms with Gasteiger partial charge in [-0.2, -0.15) is 0 Å². The van der Waals surface area contributed by atoms with E-state index in [4.69, 9.17) is 34.8 Å². The zero-order valence-electron chi connectivity index (χ0n) is 18.6. The van der Waals surface area contributed by atoms with Crippen molar-refractivity contribution in [3.05, 3.63) is 122 Å². The van der Waals surface area contributed by atoms with Gasteiger partial charge in [0.25, 0.3) is 0 Å². The smallest absolute Gasteiger partial charge is 0.185 e. The van der Waals surface area contributed by atoms with Crippen LogP contribution in [0, 0.1) is 6.92 Å². The van der Waals surface area contributed by atoms with Crippen LogP contribution in [0.5, 0.6) is 0 Å². The van der Waals surface area contributed by atoms with Crippen molar-refractivity contribution in [2.24, 2.45) is 0 Å². The fraction of sp³-hybridized carbons (Fsp3) is 0.0370. The zero-order chi connectivity index (χ0) is 26.2. The molecule has 4 aromatic rings. The van der Waals surface area contributed by atoms with E-state index in [1.165, 1.54) is 6.08 Å². The minimum atomic E-state index is -0.0990. The maximum atomic E-state index is 12.0. The highest BCUT2D eigenvalue weighted by Gasteiger charge is 2.06. The quantitative estimate of drug-likeness (QED) is 0.148. The molecular formula is C27H17Br2Cl3O2S2. The Kier molecular flexibility index (Phi) is 11.2. The van der Waals surface area contributed by atoms with Gasteiger partial charge in [0.1, 0.15) is 0 Å². The van der Waals surface area contributed by atoms with E-state index in [1.807, 2.05) is 35.9 Å². The number of ketones is 2. The molecule has 2 aromatic heterocycles. The van der Waals surface area contributed by atoms with E-state index >= 15 is 0 Å². The van der Waals surface area contributed by atoms with Crippen LogP contribution in [-0.4, -0.2) is 11.6 Å². The molecule has 0 aliphatic carbocycles. The number of allylic oxidation sites excluding steroid dienone is 2. The lowest BCUT2D eigenvalue weighted by atomic mass is 10.1. The van der Waals surface area contributed by atoms with E-state index in [0.717, 1.165) is 24.3 Å². The van der Waals surface area contributed by atoms with Gasteiger partial charge in [0.2, 0.25) is 0 Å². The molecular weight excluding hydrogens is 687 g/mol. The highest BCUT2D eigenvalue weighted by Crippen LogP contribution is 2.24. The van der Waals surface area contributed by atoms with Crippen LogP contribution in [0.15, 0.2) is 80.4 Å². The molecule has 0 aliphatic heterocycles. The maximum absolute atomic E-state index is 12.0. The average molecular weight is 704 g/mol. The fourth-order valence-corrected chi connectivity index (χ4v) is 5.88. The maximum Gasteiger partial charge on any atom is 0.185 e. The molecule has 0 spiro atoms. The zero-order valence-corrected chi connectivity index (χ0v) is 25.7. The molecule has 2 aromatic carbocycles. The monoisotopic (exact) mass is 700 g/mol. The Morgan fingerprint density at radius 3 is 1.58 bits per heavy atom. The third-order valence-corrected chi connectivity index (χ3v) is 9.10. The first-order chi connectivity index (χ1) is 17.1. The van der Waals surface area contributed by atoms with Crippen LogP contribution in [0.1, 0.15) is 36.0 Å². The number of hydrogen-bond acceptors (Lipinski definition) is 4. The molecule has 0 bridgehead atoms. The summed E-state index contributed by atoms with van der Waals surface area (Å²) >= 11 is 27.5. The number of hydrogen-bond donors (Lipinski definition) is 0. The van der Waals surface area contributed by atoms with Crippen molar-refractivity contribution < 1.29 is 9.59 Å². The van der Waals surface area contributed by atoms with Crippen LogP contribution in [0.3, 0.4) is 0 Å². The van der Waals surface area contributed by atoms with Gasteiger partial charge in [0.05, 0.1) is 10.0 Å². The third-order valence-electron chi connectivity index (χ3n) is 4.62. The molecule has 0 saturated heterocycles. The largest absolute Gasteiger partial charge is 0.289 e. The van der Waals surface area contributed by atoms with Crippen LogP contribution < -0.4 is 0 Å². The molecule has 9 heteroatoms. The first-order valence-corrected chi connectivity index (χ1v) is 14.7. The molecule has 0 saturated carbocycles. The minimum absolute atomic E-state index is 0.0145. The van der Waals surface area contributed by atoms with Gasteiger partial charge in [-0.15, -0.1) is 22.7 Å². The van der Waals surface area contributed by atoms with Gasteiger partial charge in [-0.3, -0.25) is 9.59 Å². The van der Waals surface area contributed by atoms with Crippen LogP contribution in [-0.2, 0) is 0 Å². The van der Waals surface area contributed by atoms with Crippen molar-refractivity contribution in [3.8, 4) is 0 Å². The van der Waals surface area contributed by atoms with E-state index < -0.39 is 0 Å². The highest BCUT2D eigenvalue weighted by atomic mass is 79.9. The van der Waals surface area contributed by atoms with Gasteiger partial charge >= 0.3 is 0 Å². The van der Waals surface area contributed by atoms with Crippen LogP contribution in [0.25, 0.3) is 12.2 Å². The van der Waals surface area contributed by atoms with Crippen molar-refractivity contribution in [2.75, 3.05) is 0 Å². The molecule has 4 rings (SSSR count). The van der Waals surface area contributed by atoms with Gasteiger partial charge in [0, 0.05) is 45.6 Å². The van der Waals surface area contributed by atoms with E-state index in [0.29, 0.717) is 26.2 Å². The number of rotatable bonds is 6. The molecule has 0 amide bonds. The Hall–Kier alpha value is -1.51. The summed E-state index contributed by atoms with van der Waals surface area (Å²) in [7, 11) is 0. The second kappa shape index (κ2) is 13.9. The highest BCUT2D eigenvalue weighted by molar-refractivity contribution is 9.10. The molecule has 2 heterocycles. The summed E-state index contributed by atoms with van der Waals surface area (Å²) in [6.07, 6.45) is 6.71. The predicted molar refractivity (Wildman–Crippen MR) is 163 cm³/mol. The van der Waals surface area contributed by atoms with Crippen LogP contribution >= 0.6 is 89.3 Å². The Bertz CT molecular complexity index is 1350. The van der Waals surface area contributed by atoms with Gasteiger partial charge in [-0.1, -0.05) is 34.8 Å². The number of aryl methyl sites for hydroxylation is 1. The molecule has 0 aliphatic rings. The summed E-state index contributed by atoms with van der Waals surface area (Å²) < 4.78 is 2.04. The van der Waals surface area contributed by atoms with E-state index in [1.54, 1.807) is 71.2 Å². The number of carbonyl (C=O) groups excluding carboxylic acids is 2. The SMILES string of the molecule is Cc1cc(C(=O)C=Cc2cc(Br)cs2)ccc1Cl.O=C(C=Cc1cc(Br)cs1)c1ccc(Cl)c(Cl)c1. The van der Waals surface area contributed by atoms with Crippen molar-refractivity contribution in [2.45, 2.75) is 6.92 Å². The Morgan fingerprint density at radius 1 is 0.694 bits per heavy atom. The van der Waals surface area contributed by atoms with Crippen molar-refractivity contribution in [1.82, 2.24) is 0 Å². The summed E-state index contributed by atoms with van der Waals surface area (Å²) in [5.41, 5.74) is 2.09. The second-order valence-corrected chi connectivity index (χ2v) is 12.3. The average Bonchev–Trinajstić information content (AvgIpc) is 3.47. The predicted octanol–water partition coefficient (Wildman–Crippen LogP) is 11.1. The number of carbonyl (C=O) groups is 2. The molecule has 0 fully saturated rings. The standard InChI is InChI=1S/C14H10BrClOS.C13H7BrCl2OS/c1-9-6-10(2-4-13(9)16)14(17)5-3-12-7-11(15)8-18-12;14-9-6-10(18-7-9)2-4-13(17)8-1-3-11(15)12(16)5-8/h2-8H,1H3;1-7H. The fourth-order valence-electron chi connectivity index (χ4n) is 2.79. The molecule has 36 heavy (non-hydrogen) atoms. The minimum Gasteiger partial charge on any atom is -0.289 e. The summed E-state index contributed by atoms with van der Waals surface area (Å²) in [4.78, 5) is 25.9. The van der Waals surface area contributed by atoms with E-state index in [2.05, 4.69) is 31.9 Å². The van der Waals surface area contributed by atoms with E-state index in [9.17, 15) is 9.59 Å². The number of benzene rings is 2. The summed E-state index contributed by atoms with van der Waals surface area (Å²) in [6.45, 7) is 1.89. The topological polar surface area (TPSA) is 34.1 Å². The summed E-state index contributed by atoms with van der Waals surface area (Å²) in [5.74, 6) is -0.114. The van der Waals surface area contributed by atoms with E-state index in [-0.39, 0.29) is 11.6 Å². The number of thiophene rings is 2. The molecule has 0 radical (unpaired) electrons. The molecule has 0 atom stereocenters. The number of halogens is 5. The Labute approximate surface area is 249 Å². The lowest BCUT2D eigenvalue weighted by Crippen LogP contribution is -1.94. The normalized spacial score (nSPS) is 11.1. The second-order valence-electron chi connectivity index (χ2n) is 7.32. The van der Waals surface area contributed by atoms with Crippen molar-refractivity contribution in [3.63, 3.8) is 0 Å². The lowest BCUT2D eigenvalue weighted by Gasteiger charge is -2.00. The van der Waals surface area contributed by atoms with Crippen LogP contribution in [0.2, 0.25) is 15.1 Å². The van der Waals surface area contributed by atoms with Crippen molar-refractivity contribution in [1.29, 1.82) is 0 Å². The van der Waals surface area contributed by atoms with Gasteiger partial charge in [0.15, 0.2) is 11.6 Å². The molecule has 2 nitrogen and oxygen atoms in total. The van der Waals surface area contributed by atoms with Crippen molar-refractivity contribution >= 4 is 113 Å². The first kappa shape index (κ1) is 29.1. The van der Waals surface area contributed by atoms with Gasteiger partial charge < -0.3 is 0 Å². The third kappa shape index (κ3) is 8.80. The van der Waals surface area contributed by atoms with Gasteiger partial charge in [-0.05, 0) is 117 Å². The molecule has 0 N–H and O–H groups in total. The molecule has 0 unspecified atom stereocenters. The Balaban J connectivity index is 0.000000201. The van der Waals surface area contributed by atoms with Gasteiger partial charge in [-0.25, -0.2) is 0 Å². The summed E-state index contributed by atoms with van der Waals surface area (Å²) in [6, 6.07) is 14.1. The Morgan fingerprint density at radius 2 is 1.17 bits per heavy atom.